The summed E-state index contributed by atoms with van der Waals surface area (Å²) in [7, 11) is 0. The van der Waals surface area contributed by atoms with E-state index in [1.54, 1.807) is 0 Å². The van der Waals surface area contributed by atoms with E-state index >= 15 is 0 Å². The van der Waals surface area contributed by atoms with E-state index in [2.05, 4.69) is 58.7 Å². The molecule has 0 aromatic heterocycles. The van der Waals surface area contributed by atoms with Gasteiger partial charge in [0.05, 0.1) is 0 Å². The van der Waals surface area contributed by atoms with E-state index in [0.717, 1.165) is 18.4 Å². The first kappa shape index (κ1) is 18.0. The van der Waals surface area contributed by atoms with Gasteiger partial charge in [-0.25, -0.2) is 0 Å². The Morgan fingerprint density at radius 3 is 2.35 bits per heavy atom. The second kappa shape index (κ2) is 7.79. The molecule has 0 bridgehead atoms. The van der Waals surface area contributed by atoms with Gasteiger partial charge in [0, 0.05) is 25.2 Å². The van der Waals surface area contributed by atoms with Gasteiger partial charge in [-0.2, -0.15) is 0 Å². The van der Waals surface area contributed by atoms with Gasteiger partial charge < -0.3 is 10.2 Å². The third-order valence-electron chi connectivity index (χ3n) is 4.89. The van der Waals surface area contributed by atoms with Crippen molar-refractivity contribution in [3.05, 3.63) is 0 Å². The van der Waals surface area contributed by atoms with Gasteiger partial charge in [-0.3, -0.25) is 0 Å². The zero-order chi connectivity index (χ0) is 15.3. The SMILES string of the molecule is CCCNC1C(CN(CC(C)C)C(C)C)CCC1(C)C. The average Bonchev–Trinajstić information content (AvgIpc) is 2.60. The summed E-state index contributed by atoms with van der Waals surface area (Å²) in [6.07, 6.45) is 3.99. The monoisotopic (exact) mass is 282 g/mol. The summed E-state index contributed by atoms with van der Waals surface area (Å²) in [4.78, 5) is 2.69. The summed E-state index contributed by atoms with van der Waals surface area (Å²) in [5, 5.41) is 3.84. The molecule has 2 atom stereocenters. The lowest BCUT2D eigenvalue weighted by Crippen LogP contribution is -2.47. The fourth-order valence-corrected chi connectivity index (χ4v) is 3.72. The Morgan fingerprint density at radius 1 is 1.20 bits per heavy atom. The smallest absolute Gasteiger partial charge is 0.0159 e. The molecule has 1 fully saturated rings. The van der Waals surface area contributed by atoms with Crippen LogP contribution in [0, 0.1) is 17.3 Å². The predicted molar refractivity (Wildman–Crippen MR) is 90.1 cm³/mol. The van der Waals surface area contributed by atoms with E-state index in [9.17, 15) is 0 Å². The molecule has 0 aliphatic heterocycles. The lowest BCUT2D eigenvalue weighted by atomic mass is 9.84. The molecule has 1 saturated carbocycles. The molecule has 2 nitrogen and oxygen atoms in total. The lowest BCUT2D eigenvalue weighted by Gasteiger charge is -2.36. The van der Waals surface area contributed by atoms with Crippen LogP contribution >= 0.6 is 0 Å². The van der Waals surface area contributed by atoms with Gasteiger partial charge in [0.15, 0.2) is 0 Å². The van der Waals surface area contributed by atoms with E-state index in [1.165, 1.54) is 32.4 Å². The third kappa shape index (κ3) is 5.04. The van der Waals surface area contributed by atoms with Crippen LogP contribution in [0.2, 0.25) is 0 Å². The van der Waals surface area contributed by atoms with Crippen molar-refractivity contribution in [3.8, 4) is 0 Å². The first-order chi connectivity index (χ1) is 9.27. The van der Waals surface area contributed by atoms with E-state index in [4.69, 9.17) is 0 Å². The van der Waals surface area contributed by atoms with Crippen molar-refractivity contribution in [3.63, 3.8) is 0 Å². The van der Waals surface area contributed by atoms with Crippen molar-refractivity contribution >= 4 is 0 Å². The molecule has 2 unspecified atom stereocenters. The topological polar surface area (TPSA) is 15.3 Å². The second-order valence-corrected chi connectivity index (χ2v) is 8.16. The molecule has 20 heavy (non-hydrogen) atoms. The van der Waals surface area contributed by atoms with Crippen LogP contribution in [0.3, 0.4) is 0 Å². The third-order valence-corrected chi connectivity index (χ3v) is 4.89. The Hall–Kier alpha value is -0.0800. The normalized spacial score (nSPS) is 26.1. The largest absolute Gasteiger partial charge is 0.313 e. The summed E-state index contributed by atoms with van der Waals surface area (Å²) in [5.74, 6) is 1.58. The Labute approximate surface area is 127 Å². The molecule has 1 N–H and O–H groups in total. The molecule has 0 spiro atoms. The van der Waals surface area contributed by atoms with Crippen LogP contribution in [-0.4, -0.2) is 36.6 Å². The summed E-state index contributed by atoms with van der Waals surface area (Å²) >= 11 is 0. The molecule has 0 saturated heterocycles. The minimum absolute atomic E-state index is 0.459. The van der Waals surface area contributed by atoms with Crippen molar-refractivity contribution < 1.29 is 0 Å². The summed E-state index contributed by atoms with van der Waals surface area (Å²) in [5.41, 5.74) is 0.459. The lowest BCUT2D eigenvalue weighted by molar-refractivity contribution is 0.143. The predicted octanol–water partition coefficient (Wildman–Crippen LogP) is 4.16. The van der Waals surface area contributed by atoms with Gasteiger partial charge in [0.25, 0.3) is 0 Å². The van der Waals surface area contributed by atoms with Crippen LogP contribution in [0.25, 0.3) is 0 Å². The Morgan fingerprint density at radius 2 is 1.85 bits per heavy atom. The van der Waals surface area contributed by atoms with Gasteiger partial charge in [-0.05, 0) is 56.9 Å². The maximum Gasteiger partial charge on any atom is 0.0159 e. The molecular weight excluding hydrogens is 244 g/mol. The van der Waals surface area contributed by atoms with Crippen molar-refractivity contribution in [2.45, 2.75) is 79.8 Å². The highest BCUT2D eigenvalue weighted by molar-refractivity contribution is 4.97. The van der Waals surface area contributed by atoms with Crippen molar-refractivity contribution in [2.75, 3.05) is 19.6 Å². The highest BCUT2D eigenvalue weighted by Gasteiger charge is 2.41. The molecule has 1 rings (SSSR count). The minimum Gasteiger partial charge on any atom is -0.313 e. The van der Waals surface area contributed by atoms with E-state index < -0.39 is 0 Å². The zero-order valence-corrected chi connectivity index (χ0v) is 15.0. The number of hydrogen-bond donors (Lipinski definition) is 1. The van der Waals surface area contributed by atoms with Crippen LogP contribution in [0.5, 0.6) is 0 Å². The molecule has 0 aromatic carbocycles. The number of hydrogen-bond acceptors (Lipinski definition) is 2. The quantitative estimate of drug-likeness (QED) is 0.719. The van der Waals surface area contributed by atoms with E-state index in [1.807, 2.05) is 0 Å². The van der Waals surface area contributed by atoms with E-state index in [-0.39, 0.29) is 0 Å². The fraction of sp³-hybridized carbons (Fsp3) is 1.00. The van der Waals surface area contributed by atoms with Gasteiger partial charge in [0.1, 0.15) is 0 Å². The van der Waals surface area contributed by atoms with Gasteiger partial charge in [-0.1, -0.05) is 34.6 Å². The molecule has 0 radical (unpaired) electrons. The van der Waals surface area contributed by atoms with Crippen LogP contribution in [0.15, 0.2) is 0 Å². The van der Waals surface area contributed by atoms with Crippen LogP contribution in [0.1, 0.15) is 67.7 Å². The molecule has 0 aromatic rings. The first-order valence-electron chi connectivity index (χ1n) is 8.75. The van der Waals surface area contributed by atoms with Crippen LogP contribution in [-0.2, 0) is 0 Å². The molecule has 0 heterocycles. The minimum atomic E-state index is 0.459. The molecule has 1 aliphatic carbocycles. The van der Waals surface area contributed by atoms with Gasteiger partial charge in [0.2, 0.25) is 0 Å². The number of nitrogens with one attached hydrogen (secondary N) is 1. The van der Waals surface area contributed by atoms with Crippen LogP contribution < -0.4 is 5.32 Å². The maximum absolute atomic E-state index is 3.84. The van der Waals surface area contributed by atoms with Gasteiger partial charge in [-0.15, -0.1) is 0 Å². The van der Waals surface area contributed by atoms with Crippen LogP contribution in [0.4, 0.5) is 0 Å². The number of nitrogens with zero attached hydrogens (tertiary/aromatic N) is 1. The zero-order valence-electron chi connectivity index (χ0n) is 15.0. The first-order valence-corrected chi connectivity index (χ1v) is 8.75. The summed E-state index contributed by atoms with van der Waals surface area (Å²) < 4.78 is 0. The molecule has 120 valence electrons. The second-order valence-electron chi connectivity index (χ2n) is 8.16. The standard InChI is InChI=1S/C18H38N2/c1-8-11-19-17-16(9-10-18(17,6)7)13-20(15(4)5)12-14(2)3/h14-17,19H,8-13H2,1-7H3. The Balaban J connectivity index is 2.67. The Kier molecular flexibility index (Phi) is 7.00. The van der Waals surface area contributed by atoms with Crippen molar-refractivity contribution in [1.29, 1.82) is 0 Å². The highest BCUT2D eigenvalue weighted by Crippen LogP contribution is 2.41. The summed E-state index contributed by atoms with van der Waals surface area (Å²) in [6, 6.07) is 1.35. The Bertz CT molecular complexity index is 271. The molecular formula is C18H38N2. The average molecular weight is 283 g/mol. The summed E-state index contributed by atoms with van der Waals surface area (Å²) in [6.45, 7) is 20.2. The molecule has 1 aliphatic rings. The van der Waals surface area contributed by atoms with E-state index in [0.29, 0.717) is 17.5 Å². The molecule has 0 amide bonds. The number of rotatable bonds is 8. The maximum atomic E-state index is 3.84. The fourth-order valence-electron chi connectivity index (χ4n) is 3.72. The van der Waals surface area contributed by atoms with Crippen molar-refractivity contribution in [1.82, 2.24) is 10.2 Å². The highest BCUT2D eigenvalue weighted by atomic mass is 15.2. The van der Waals surface area contributed by atoms with Crippen molar-refractivity contribution in [2.24, 2.45) is 17.3 Å². The molecule has 2 heteroatoms. The van der Waals surface area contributed by atoms with Gasteiger partial charge >= 0.3 is 0 Å².